The van der Waals surface area contributed by atoms with Crippen LogP contribution in [0.5, 0.6) is 5.75 Å². The number of carbonyl (C=O) groups excluding carboxylic acids is 1. The first-order valence-corrected chi connectivity index (χ1v) is 8.56. The molecule has 0 aliphatic rings. The lowest BCUT2D eigenvalue weighted by atomic mass is 10.2. The molecule has 0 radical (unpaired) electrons. The molecule has 0 aliphatic carbocycles. The molecule has 0 saturated heterocycles. The summed E-state index contributed by atoms with van der Waals surface area (Å²) in [6.07, 6.45) is 1.65. The smallest absolute Gasteiger partial charge is 0.346 e. The fourth-order valence-corrected chi connectivity index (χ4v) is 2.56. The van der Waals surface area contributed by atoms with Gasteiger partial charge in [0.1, 0.15) is 11.4 Å². The zero-order valence-corrected chi connectivity index (χ0v) is 15.3. The van der Waals surface area contributed by atoms with Gasteiger partial charge in [0.2, 0.25) is 0 Å². The van der Waals surface area contributed by atoms with Crippen LogP contribution >= 0.6 is 0 Å². The maximum atomic E-state index is 12.3. The van der Waals surface area contributed by atoms with E-state index in [-0.39, 0.29) is 31.3 Å². The molecule has 1 amide bonds. The van der Waals surface area contributed by atoms with Crippen molar-refractivity contribution in [2.45, 2.75) is 13.5 Å². The van der Waals surface area contributed by atoms with Crippen molar-refractivity contribution < 1.29 is 9.53 Å². The number of hydrogen-bond donors (Lipinski definition) is 1. The van der Waals surface area contributed by atoms with Crippen LogP contribution in [0.3, 0.4) is 0 Å². The summed E-state index contributed by atoms with van der Waals surface area (Å²) in [4.78, 5) is 28.4. The zero-order chi connectivity index (χ0) is 19.2. The Morgan fingerprint density at radius 2 is 2.07 bits per heavy atom. The van der Waals surface area contributed by atoms with Gasteiger partial charge < -0.3 is 10.1 Å². The number of ether oxygens (including phenoxy) is 1. The largest absolute Gasteiger partial charge is 0.484 e. The SMILES string of the molecule is Cc1cccc(OCC(=O)NCCn2nc(-c3ccccn3)n(C)c2=O)c1. The van der Waals surface area contributed by atoms with E-state index in [1.165, 1.54) is 9.25 Å². The highest BCUT2D eigenvalue weighted by molar-refractivity contribution is 5.77. The molecule has 1 aromatic carbocycles. The van der Waals surface area contributed by atoms with E-state index in [0.717, 1.165) is 5.56 Å². The summed E-state index contributed by atoms with van der Waals surface area (Å²) in [5.74, 6) is 0.867. The fourth-order valence-electron chi connectivity index (χ4n) is 2.56. The number of nitrogens with one attached hydrogen (secondary N) is 1. The van der Waals surface area contributed by atoms with Crippen LogP contribution in [0.4, 0.5) is 0 Å². The second kappa shape index (κ2) is 8.31. The van der Waals surface area contributed by atoms with E-state index in [9.17, 15) is 9.59 Å². The molecule has 0 atom stereocenters. The highest BCUT2D eigenvalue weighted by atomic mass is 16.5. The van der Waals surface area contributed by atoms with E-state index >= 15 is 0 Å². The monoisotopic (exact) mass is 367 g/mol. The third-order valence-corrected chi connectivity index (χ3v) is 3.94. The third-order valence-electron chi connectivity index (χ3n) is 3.94. The summed E-state index contributed by atoms with van der Waals surface area (Å²) < 4.78 is 8.19. The van der Waals surface area contributed by atoms with Gasteiger partial charge in [0, 0.05) is 19.8 Å². The van der Waals surface area contributed by atoms with Gasteiger partial charge in [-0.15, -0.1) is 5.10 Å². The van der Waals surface area contributed by atoms with Gasteiger partial charge in [0.05, 0.1) is 6.54 Å². The van der Waals surface area contributed by atoms with Gasteiger partial charge in [-0.25, -0.2) is 9.48 Å². The molecule has 8 nitrogen and oxygen atoms in total. The molecule has 0 spiro atoms. The van der Waals surface area contributed by atoms with Crippen molar-refractivity contribution in [1.82, 2.24) is 24.6 Å². The van der Waals surface area contributed by atoms with E-state index in [1.54, 1.807) is 31.4 Å². The third kappa shape index (κ3) is 4.60. The summed E-state index contributed by atoms with van der Waals surface area (Å²) in [6, 6.07) is 12.9. The van der Waals surface area contributed by atoms with E-state index in [1.807, 2.05) is 31.2 Å². The summed E-state index contributed by atoms with van der Waals surface area (Å²) >= 11 is 0. The first-order valence-electron chi connectivity index (χ1n) is 8.56. The number of rotatable bonds is 7. The molecule has 8 heteroatoms. The summed E-state index contributed by atoms with van der Waals surface area (Å²) in [5.41, 5.74) is 1.42. The van der Waals surface area contributed by atoms with Crippen LogP contribution in [-0.4, -0.2) is 38.4 Å². The molecule has 0 fully saturated rings. The number of nitrogens with zero attached hydrogens (tertiary/aromatic N) is 4. The van der Waals surface area contributed by atoms with Crippen molar-refractivity contribution in [3.63, 3.8) is 0 Å². The second-order valence-electron chi connectivity index (χ2n) is 6.06. The fraction of sp³-hybridized carbons (Fsp3) is 0.263. The average Bonchev–Trinajstić information content (AvgIpc) is 2.96. The number of benzene rings is 1. The Kier molecular flexibility index (Phi) is 5.65. The maximum absolute atomic E-state index is 12.3. The van der Waals surface area contributed by atoms with Crippen molar-refractivity contribution in [3.8, 4) is 17.3 Å². The molecular weight excluding hydrogens is 346 g/mol. The molecule has 3 rings (SSSR count). The van der Waals surface area contributed by atoms with Gasteiger partial charge in [-0.05, 0) is 36.8 Å². The molecular formula is C19H21N5O3. The van der Waals surface area contributed by atoms with E-state index < -0.39 is 0 Å². The van der Waals surface area contributed by atoms with Crippen molar-refractivity contribution in [1.29, 1.82) is 0 Å². The summed E-state index contributed by atoms with van der Waals surface area (Å²) in [7, 11) is 1.64. The van der Waals surface area contributed by atoms with Crippen molar-refractivity contribution in [2.24, 2.45) is 7.05 Å². The van der Waals surface area contributed by atoms with E-state index in [0.29, 0.717) is 17.3 Å². The van der Waals surface area contributed by atoms with Gasteiger partial charge in [0.25, 0.3) is 5.91 Å². The molecule has 140 valence electrons. The number of amides is 1. The minimum atomic E-state index is -0.263. The predicted molar refractivity (Wildman–Crippen MR) is 100 cm³/mol. The van der Waals surface area contributed by atoms with Gasteiger partial charge in [-0.3, -0.25) is 14.3 Å². The lowest BCUT2D eigenvalue weighted by Gasteiger charge is -2.07. The highest BCUT2D eigenvalue weighted by Crippen LogP contribution is 2.12. The molecule has 0 bridgehead atoms. The molecule has 0 aliphatic heterocycles. The van der Waals surface area contributed by atoms with E-state index in [2.05, 4.69) is 15.4 Å². The molecule has 2 aromatic heterocycles. The Morgan fingerprint density at radius 1 is 1.22 bits per heavy atom. The zero-order valence-electron chi connectivity index (χ0n) is 15.3. The maximum Gasteiger partial charge on any atom is 0.346 e. The second-order valence-corrected chi connectivity index (χ2v) is 6.06. The lowest BCUT2D eigenvalue weighted by molar-refractivity contribution is -0.123. The van der Waals surface area contributed by atoms with Gasteiger partial charge >= 0.3 is 5.69 Å². The van der Waals surface area contributed by atoms with E-state index in [4.69, 9.17) is 4.74 Å². The normalized spacial score (nSPS) is 10.6. The van der Waals surface area contributed by atoms with Crippen LogP contribution in [0.25, 0.3) is 11.5 Å². The first-order chi connectivity index (χ1) is 13.0. The summed E-state index contributed by atoms with van der Waals surface area (Å²) in [6.45, 7) is 2.40. The van der Waals surface area contributed by atoms with Crippen LogP contribution in [0.2, 0.25) is 0 Å². The van der Waals surface area contributed by atoms with Crippen molar-refractivity contribution in [2.75, 3.05) is 13.2 Å². The molecule has 27 heavy (non-hydrogen) atoms. The number of carbonyl (C=O) groups is 1. The standard InChI is InChI=1S/C19H21N5O3/c1-14-6-5-7-15(12-14)27-13-17(25)21-10-11-24-19(26)23(2)18(22-24)16-8-3-4-9-20-16/h3-9,12H,10-11,13H2,1-2H3,(H,21,25). The molecule has 3 aromatic rings. The molecule has 2 heterocycles. The number of aryl methyl sites for hydroxylation is 1. The van der Waals surface area contributed by atoms with Gasteiger partial charge in [0.15, 0.2) is 12.4 Å². The molecule has 0 saturated carbocycles. The number of aromatic nitrogens is 4. The molecule has 0 unspecified atom stereocenters. The van der Waals surface area contributed by atoms with Crippen molar-refractivity contribution >= 4 is 5.91 Å². The Bertz CT molecular complexity index is 979. The number of hydrogen-bond acceptors (Lipinski definition) is 5. The van der Waals surface area contributed by atoms with Crippen molar-refractivity contribution in [3.05, 3.63) is 64.7 Å². The van der Waals surface area contributed by atoms with Crippen LogP contribution in [0, 0.1) is 6.92 Å². The van der Waals surface area contributed by atoms with Gasteiger partial charge in [-0.1, -0.05) is 18.2 Å². The van der Waals surface area contributed by atoms with Crippen LogP contribution < -0.4 is 15.7 Å². The Labute approximate surface area is 156 Å². The quantitative estimate of drug-likeness (QED) is 0.676. The minimum Gasteiger partial charge on any atom is -0.484 e. The van der Waals surface area contributed by atoms with Crippen LogP contribution in [0.1, 0.15) is 5.56 Å². The summed E-state index contributed by atoms with van der Waals surface area (Å²) in [5, 5.41) is 7.02. The first kappa shape index (κ1) is 18.4. The topological polar surface area (TPSA) is 91.0 Å². The minimum absolute atomic E-state index is 0.0836. The van der Waals surface area contributed by atoms with Gasteiger partial charge in [-0.2, -0.15) is 0 Å². The molecule has 1 N–H and O–H groups in total. The Balaban J connectivity index is 1.53. The van der Waals surface area contributed by atoms with Crippen LogP contribution in [-0.2, 0) is 18.4 Å². The highest BCUT2D eigenvalue weighted by Gasteiger charge is 2.13. The Morgan fingerprint density at radius 3 is 2.81 bits per heavy atom. The number of pyridine rings is 1. The van der Waals surface area contributed by atoms with Crippen LogP contribution in [0.15, 0.2) is 53.5 Å². The Hall–Kier alpha value is -3.42. The lowest BCUT2D eigenvalue weighted by Crippen LogP contribution is -2.34. The average molecular weight is 367 g/mol. The predicted octanol–water partition coefficient (Wildman–Crippen LogP) is 1.15.